The summed E-state index contributed by atoms with van der Waals surface area (Å²) in [7, 11) is 1.60. The van der Waals surface area contributed by atoms with Crippen molar-refractivity contribution in [3.63, 3.8) is 0 Å². The van der Waals surface area contributed by atoms with E-state index in [-0.39, 0.29) is 29.3 Å². The largest absolute Gasteiger partial charge is 0.497 e. The van der Waals surface area contributed by atoms with Gasteiger partial charge in [0, 0.05) is 36.0 Å². The van der Waals surface area contributed by atoms with Crippen LogP contribution < -0.4 is 15.4 Å². The number of halogens is 3. The van der Waals surface area contributed by atoms with Gasteiger partial charge in [-0.1, -0.05) is 70.9 Å². The minimum absolute atomic E-state index is 0.0274. The molecule has 0 bridgehead atoms. The summed E-state index contributed by atoms with van der Waals surface area (Å²) >= 11 is 12.9. The van der Waals surface area contributed by atoms with Gasteiger partial charge >= 0.3 is 6.09 Å². The van der Waals surface area contributed by atoms with Crippen molar-refractivity contribution in [2.24, 2.45) is 0 Å². The average Bonchev–Trinajstić information content (AvgIpc) is 3.68. The number of pyridine rings is 1. The van der Waals surface area contributed by atoms with Crippen LogP contribution in [0, 0.1) is 17.1 Å². The molecule has 1 unspecified atom stereocenters. The number of piperidine rings is 1. The number of hydrogen-bond acceptors (Lipinski definition) is 9. The molecule has 1 saturated heterocycles. The van der Waals surface area contributed by atoms with Gasteiger partial charge in [-0.3, -0.25) is 4.98 Å². The smallest absolute Gasteiger partial charge is 0.410 e. The van der Waals surface area contributed by atoms with E-state index in [9.17, 15) is 14.4 Å². The summed E-state index contributed by atoms with van der Waals surface area (Å²) in [5.41, 5.74) is 4.69. The number of methoxy groups -OCH3 is 1. The third-order valence-electron chi connectivity index (χ3n) is 9.10. The van der Waals surface area contributed by atoms with E-state index in [1.165, 1.54) is 24.4 Å². The van der Waals surface area contributed by atoms with E-state index in [1.807, 2.05) is 71.5 Å². The van der Waals surface area contributed by atoms with Crippen molar-refractivity contribution in [3.05, 3.63) is 136 Å². The lowest BCUT2D eigenvalue weighted by atomic mass is 10.0. The van der Waals surface area contributed by atoms with Gasteiger partial charge in [0.05, 0.1) is 52.2 Å². The van der Waals surface area contributed by atoms with Gasteiger partial charge in [-0.25, -0.2) is 13.9 Å². The van der Waals surface area contributed by atoms with Crippen LogP contribution >= 0.6 is 23.2 Å². The second-order valence-corrected chi connectivity index (χ2v) is 13.3. The monoisotopic (exact) mass is 750 g/mol. The van der Waals surface area contributed by atoms with E-state index in [2.05, 4.69) is 32.0 Å². The number of hydrogen-bond donors (Lipinski definition) is 2. The van der Waals surface area contributed by atoms with Gasteiger partial charge in [-0.05, 0) is 66.4 Å². The van der Waals surface area contributed by atoms with Crippen molar-refractivity contribution in [2.45, 2.75) is 31.5 Å². The Morgan fingerprint density at radius 2 is 1.81 bits per heavy atom. The normalized spacial score (nSPS) is 13.7. The number of amides is 1. The zero-order chi connectivity index (χ0) is 36.9. The molecule has 1 fully saturated rings. The molecule has 1 atom stereocenters. The predicted octanol–water partition coefficient (Wildman–Crippen LogP) is 9.07. The molecule has 53 heavy (non-hydrogen) atoms. The first-order valence-electron chi connectivity index (χ1n) is 16.8. The van der Waals surface area contributed by atoms with Crippen molar-refractivity contribution < 1.29 is 18.7 Å². The van der Waals surface area contributed by atoms with Gasteiger partial charge in [-0.2, -0.15) is 5.26 Å². The van der Waals surface area contributed by atoms with Gasteiger partial charge < -0.3 is 25.0 Å². The average molecular weight is 752 g/mol. The summed E-state index contributed by atoms with van der Waals surface area (Å²) in [6.07, 6.45) is 4.38. The van der Waals surface area contributed by atoms with Gasteiger partial charge in [0.2, 0.25) is 0 Å². The molecule has 1 aliphatic heterocycles. The van der Waals surface area contributed by atoms with Crippen molar-refractivity contribution in [1.82, 2.24) is 24.9 Å². The zero-order valence-electron chi connectivity index (χ0n) is 28.5. The number of fused-ring (bicyclic) bond motifs is 1. The third kappa shape index (κ3) is 7.96. The Hall–Kier alpha value is -5.90. The third-order valence-corrected chi connectivity index (χ3v) is 9.68. The van der Waals surface area contributed by atoms with Crippen LogP contribution in [0.15, 0.2) is 97.3 Å². The minimum atomic E-state index is -0.558. The molecule has 0 radical (unpaired) electrons. The first-order chi connectivity index (χ1) is 25.8. The number of likely N-dealkylation sites (tertiary alicyclic amines) is 1. The van der Waals surface area contributed by atoms with E-state index in [0.29, 0.717) is 70.4 Å². The molecule has 0 spiro atoms. The standard InChI is InChI=1S/C39H33Cl2FN8O3/c1-52-30-9-5-8-25(16-30)37(35-22-50(48-47-35)29-12-14-49(15-13-29)39(51)53-23-24-6-3-2-4-7-24)46-28-17-31-36(45-27-10-11-34(42)32(40)18-27)26(20-43)21-44-38(31)33(41)19-28/h2-11,16-19,21-22,29,37,46H,12-15,23H2,1H3,(H,44,45). The van der Waals surface area contributed by atoms with Gasteiger partial charge in [0.15, 0.2) is 0 Å². The SMILES string of the molecule is COc1cccc(C(Nc2cc(Cl)c3ncc(C#N)c(Nc4ccc(F)c(Cl)c4)c3c2)c2cn(C3CCN(C(=O)OCc4ccccc4)CC3)nn2)c1. The van der Waals surface area contributed by atoms with Crippen LogP contribution in [0.3, 0.4) is 0 Å². The molecular weight excluding hydrogens is 718 g/mol. The second-order valence-electron chi connectivity index (χ2n) is 12.5. The Labute approximate surface area is 314 Å². The molecule has 3 heterocycles. The summed E-state index contributed by atoms with van der Waals surface area (Å²) in [5.74, 6) is 0.106. The van der Waals surface area contributed by atoms with E-state index in [4.69, 9.17) is 32.7 Å². The first-order valence-corrected chi connectivity index (χ1v) is 17.6. The molecule has 1 aliphatic rings. The molecule has 2 aromatic heterocycles. The summed E-state index contributed by atoms with van der Waals surface area (Å²) < 4.78 is 26.9. The predicted molar refractivity (Wildman–Crippen MR) is 201 cm³/mol. The van der Waals surface area contributed by atoms with Crippen LogP contribution in [0.2, 0.25) is 10.0 Å². The van der Waals surface area contributed by atoms with Crippen LogP contribution in [0.1, 0.15) is 47.3 Å². The first kappa shape index (κ1) is 35.5. The number of anilines is 3. The maximum absolute atomic E-state index is 13.9. The maximum atomic E-state index is 13.9. The molecule has 2 N–H and O–H groups in total. The Morgan fingerprint density at radius 3 is 2.57 bits per heavy atom. The Bertz CT molecular complexity index is 2310. The number of carbonyl (C=O) groups is 1. The quantitative estimate of drug-likeness (QED) is 0.141. The van der Waals surface area contributed by atoms with E-state index in [0.717, 1.165) is 11.1 Å². The van der Waals surface area contributed by atoms with Crippen molar-refractivity contribution in [3.8, 4) is 11.8 Å². The molecule has 1 amide bonds. The van der Waals surface area contributed by atoms with Crippen molar-refractivity contribution in [2.75, 3.05) is 30.8 Å². The van der Waals surface area contributed by atoms with Crippen LogP contribution in [-0.2, 0) is 11.3 Å². The zero-order valence-corrected chi connectivity index (χ0v) is 30.0. The maximum Gasteiger partial charge on any atom is 0.410 e. The van der Waals surface area contributed by atoms with Gasteiger partial charge in [0.25, 0.3) is 0 Å². The lowest BCUT2D eigenvalue weighted by Crippen LogP contribution is -2.39. The van der Waals surface area contributed by atoms with Crippen molar-refractivity contribution in [1.29, 1.82) is 5.26 Å². The second kappa shape index (κ2) is 15.8. The van der Waals surface area contributed by atoms with Gasteiger partial charge in [0.1, 0.15) is 29.9 Å². The van der Waals surface area contributed by atoms with E-state index < -0.39 is 11.9 Å². The fourth-order valence-corrected chi connectivity index (χ4v) is 6.77. The van der Waals surface area contributed by atoms with E-state index >= 15 is 0 Å². The fraction of sp³-hybridized carbons (Fsp3) is 0.205. The topological polar surface area (TPSA) is 130 Å². The highest BCUT2D eigenvalue weighted by molar-refractivity contribution is 6.36. The Morgan fingerprint density at radius 1 is 1.02 bits per heavy atom. The highest BCUT2D eigenvalue weighted by Gasteiger charge is 2.27. The number of rotatable bonds is 10. The molecular formula is C39H33Cl2FN8O3. The number of carbonyl (C=O) groups excluding carboxylic acids is 1. The summed E-state index contributed by atoms with van der Waals surface area (Å²) in [6.45, 7) is 1.28. The summed E-state index contributed by atoms with van der Waals surface area (Å²) in [5, 5.41) is 26.7. The minimum Gasteiger partial charge on any atom is -0.497 e. The van der Waals surface area contributed by atoms with Crippen LogP contribution in [0.25, 0.3) is 10.9 Å². The lowest BCUT2D eigenvalue weighted by molar-refractivity contribution is 0.0820. The van der Waals surface area contributed by atoms with E-state index in [1.54, 1.807) is 18.1 Å². The molecule has 268 valence electrons. The number of aromatic nitrogens is 4. The number of benzene rings is 4. The molecule has 6 aromatic rings. The van der Waals surface area contributed by atoms with Crippen LogP contribution in [0.4, 0.5) is 26.2 Å². The number of nitriles is 1. The fourth-order valence-electron chi connectivity index (χ4n) is 6.32. The lowest BCUT2D eigenvalue weighted by Gasteiger charge is -2.31. The van der Waals surface area contributed by atoms with Crippen molar-refractivity contribution >= 4 is 57.3 Å². The Balaban J connectivity index is 1.15. The molecule has 14 heteroatoms. The molecule has 7 rings (SSSR count). The molecule has 11 nitrogen and oxygen atoms in total. The van der Waals surface area contributed by atoms with Crippen LogP contribution in [-0.4, -0.2) is 51.2 Å². The van der Waals surface area contributed by atoms with Gasteiger partial charge in [-0.15, -0.1) is 5.10 Å². The summed E-state index contributed by atoms with van der Waals surface area (Å²) in [4.78, 5) is 19.0. The number of ether oxygens (including phenoxy) is 2. The summed E-state index contributed by atoms with van der Waals surface area (Å²) in [6, 6.07) is 26.7. The Kier molecular flexibility index (Phi) is 10.6. The highest BCUT2D eigenvalue weighted by Crippen LogP contribution is 2.38. The number of nitrogens with zero attached hydrogens (tertiary/aromatic N) is 6. The number of nitrogens with one attached hydrogen (secondary N) is 2. The molecule has 4 aromatic carbocycles. The highest BCUT2D eigenvalue weighted by atomic mass is 35.5. The van der Waals surface area contributed by atoms with Crippen LogP contribution in [0.5, 0.6) is 5.75 Å². The molecule has 0 saturated carbocycles. The molecule has 0 aliphatic carbocycles.